The fraction of sp³-hybridized carbons (Fsp3) is 0.697. The van der Waals surface area contributed by atoms with E-state index in [4.69, 9.17) is 20.9 Å². The number of aryl methyl sites for hydroxylation is 1. The van der Waals surface area contributed by atoms with E-state index < -0.39 is 0 Å². The summed E-state index contributed by atoms with van der Waals surface area (Å²) in [5.74, 6) is 1.52. The van der Waals surface area contributed by atoms with Crippen molar-refractivity contribution in [1.29, 1.82) is 0 Å². The van der Waals surface area contributed by atoms with Crippen LogP contribution < -0.4 is 16.2 Å². The number of allylic oxidation sites excluding steroid dienone is 1. The van der Waals surface area contributed by atoms with E-state index in [2.05, 4.69) is 24.9 Å². The molecular weight excluding hydrogens is 518 g/mol. The molecule has 0 spiro atoms. The molecule has 232 valence electrons. The van der Waals surface area contributed by atoms with E-state index >= 15 is 0 Å². The van der Waals surface area contributed by atoms with Gasteiger partial charge in [0, 0.05) is 32.2 Å². The summed E-state index contributed by atoms with van der Waals surface area (Å²) < 4.78 is 12.1. The maximum atomic E-state index is 12.8. The molecule has 41 heavy (non-hydrogen) atoms. The summed E-state index contributed by atoms with van der Waals surface area (Å²) in [4.78, 5) is 16.9. The van der Waals surface area contributed by atoms with Crippen LogP contribution in [0.1, 0.15) is 108 Å². The van der Waals surface area contributed by atoms with E-state index in [9.17, 15) is 15.0 Å². The van der Waals surface area contributed by atoms with Crippen molar-refractivity contribution in [2.45, 2.75) is 110 Å². The molecule has 0 aliphatic heterocycles. The number of hydrogen-bond donors (Lipinski definition) is 4. The first-order chi connectivity index (χ1) is 19.7. The van der Waals surface area contributed by atoms with Crippen LogP contribution in [0.25, 0.3) is 0 Å². The van der Waals surface area contributed by atoms with E-state index in [1.807, 2.05) is 13.0 Å². The lowest BCUT2D eigenvalue weighted by Gasteiger charge is -2.30. The predicted octanol–water partition coefficient (Wildman–Crippen LogP) is 5.77. The van der Waals surface area contributed by atoms with Gasteiger partial charge in [-0.25, -0.2) is 0 Å². The summed E-state index contributed by atoms with van der Waals surface area (Å²) in [5.41, 5.74) is 13.7. The van der Waals surface area contributed by atoms with E-state index in [0.717, 1.165) is 74.5 Å². The molecule has 1 aliphatic carbocycles. The number of nitrogens with two attached hydrogens (primary N) is 2. The van der Waals surface area contributed by atoms with Crippen LogP contribution in [0, 0.1) is 11.8 Å². The highest BCUT2D eigenvalue weighted by Crippen LogP contribution is 2.44. The van der Waals surface area contributed by atoms with Gasteiger partial charge in [-0.2, -0.15) is 0 Å². The molecule has 2 unspecified atom stereocenters. The first kappa shape index (κ1) is 34.6. The quantitative estimate of drug-likeness (QED) is 0.0672. The molecule has 8 nitrogen and oxygen atoms in total. The third kappa shape index (κ3) is 12.4. The zero-order chi connectivity index (χ0) is 30.2. The van der Waals surface area contributed by atoms with Gasteiger partial charge in [-0.15, -0.1) is 0 Å². The molecule has 6 N–H and O–H groups in total. The molecule has 1 fully saturated rings. The molecule has 1 aromatic carbocycles. The Kier molecular flexibility index (Phi) is 15.9. The number of phenols is 1. The molecule has 1 saturated carbocycles. The van der Waals surface area contributed by atoms with Crippen molar-refractivity contribution in [2.75, 3.05) is 26.9 Å². The van der Waals surface area contributed by atoms with E-state index in [0.29, 0.717) is 44.1 Å². The lowest BCUT2D eigenvalue weighted by molar-refractivity contribution is -0.114. The summed E-state index contributed by atoms with van der Waals surface area (Å²) in [6.07, 6.45) is 11.9. The van der Waals surface area contributed by atoms with Gasteiger partial charge in [0.15, 0.2) is 23.2 Å². The Balaban J connectivity index is 2.44. The zero-order valence-electron chi connectivity index (χ0n) is 25.9. The van der Waals surface area contributed by atoms with Crippen molar-refractivity contribution in [3.05, 3.63) is 34.9 Å². The molecule has 0 aromatic heterocycles. The SMILES string of the molecule is CCCC(=CC(=O)CCc1cc(OC2CCCC2)c(O)c(C(CCC(C)C)C(CCCN=C(N)N)COC)c1)CO. The Hall–Kier alpha value is -2.58. The summed E-state index contributed by atoms with van der Waals surface area (Å²) in [6, 6.07) is 3.98. The number of aliphatic hydroxyl groups excluding tert-OH is 1. The van der Waals surface area contributed by atoms with Crippen LogP contribution in [-0.4, -0.2) is 54.9 Å². The van der Waals surface area contributed by atoms with Crippen molar-refractivity contribution in [3.8, 4) is 11.5 Å². The molecule has 0 saturated heterocycles. The number of methoxy groups -OCH3 is 1. The first-order valence-corrected chi connectivity index (χ1v) is 15.6. The van der Waals surface area contributed by atoms with Gasteiger partial charge < -0.3 is 31.2 Å². The lowest BCUT2D eigenvalue weighted by Crippen LogP contribution is -2.23. The Morgan fingerprint density at radius 1 is 1.15 bits per heavy atom. The van der Waals surface area contributed by atoms with Crippen LogP contribution in [-0.2, 0) is 16.0 Å². The molecule has 0 bridgehead atoms. The molecule has 1 aromatic rings. The highest BCUT2D eigenvalue weighted by molar-refractivity contribution is 5.90. The number of guanidine groups is 1. The summed E-state index contributed by atoms with van der Waals surface area (Å²) in [6.45, 7) is 7.46. The van der Waals surface area contributed by atoms with Gasteiger partial charge in [-0.05, 0) is 98.8 Å². The zero-order valence-corrected chi connectivity index (χ0v) is 25.9. The standard InChI is InChI=1S/C33H55N3O5/c1-5-9-25(21-37)18-27(38)15-14-24-19-30(32(39)31(20-24)41-28-11-6-7-12-28)29(16-13-23(2)3)26(22-40-4)10-8-17-36-33(34)35/h18-20,23,26,28-29,37,39H,5-17,21-22H2,1-4H3,(H4,34,35,36). The number of aliphatic imine (C=N–C) groups is 1. The Bertz CT molecular complexity index is 981. The number of phenolic OH excluding ortho intramolecular Hbond substituents is 1. The summed E-state index contributed by atoms with van der Waals surface area (Å²) in [5, 5.41) is 21.2. The minimum Gasteiger partial charge on any atom is -0.504 e. The van der Waals surface area contributed by atoms with Crippen molar-refractivity contribution >= 4 is 11.7 Å². The number of ether oxygens (including phenoxy) is 2. The molecule has 8 heteroatoms. The molecule has 1 aliphatic rings. The van der Waals surface area contributed by atoms with Crippen molar-refractivity contribution in [1.82, 2.24) is 0 Å². The molecule has 2 atom stereocenters. The number of carbonyl (C=O) groups excluding carboxylic acids is 1. The fourth-order valence-electron chi connectivity index (χ4n) is 5.81. The Morgan fingerprint density at radius 3 is 2.49 bits per heavy atom. The highest BCUT2D eigenvalue weighted by atomic mass is 16.5. The number of carbonyl (C=O) groups is 1. The number of nitrogens with zero attached hydrogens (tertiary/aromatic N) is 1. The van der Waals surface area contributed by atoms with E-state index in [1.54, 1.807) is 13.2 Å². The second-order valence-corrected chi connectivity index (χ2v) is 12.0. The smallest absolute Gasteiger partial charge is 0.185 e. The van der Waals surface area contributed by atoms with Gasteiger partial charge in [-0.1, -0.05) is 39.7 Å². The van der Waals surface area contributed by atoms with Gasteiger partial charge in [0.1, 0.15) is 0 Å². The molecule has 0 amide bonds. The molecule has 2 rings (SSSR count). The topological polar surface area (TPSA) is 140 Å². The number of benzene rings is 1. The predicted molar refractivity (Wildman–Crippen MR) is 166 cm³/mol. The van der Waals surface area contributed by atoms with E-state index in [-0.39, 0.29) is 42.0 Å². The van der Waals surface area contributed by atoms with Gasteiger partial charge in [0.2, 0.25) is 0 Å². The lowest BCUT2D eigenvalue weighted by atomic mass is 9.78. The Morgan fingerprint density at radius 2 is 1.88 bits per heavy atom. The van der Waals surface area contributed by atoms with Gasteiger partial charge in [0.25, 0.3) is 0 Å². The second kappa shape index (κ2) is 18.8. The van der Waals surface area contributed by atoms with Gasteiger partial charge >= 0.3 is 0 Å². The van der Waals surface area contributed by atoms with Crippen molar-refractivity contribution in [3.63, 3.8) is 0 Å². The van der Waals surface area contributed by atoms with Crippen LogP contribution in [0.5, 0.6) is 11.5 Å². The monoisotopic (exact) mass is 573 g/mol. The largest absolute Gasteiger partial charge is 0.504 e. The number of rotatable bonds is 20. The molecule has 0 heterocycles. The fourth-order valence-corrected chi connectivity index (χ4v) is 5.81. The molecule has 0 radical (unpaired) electrons. The molecular formula is C33H55N3O5. The summed E-state index contributed by atoms with van der Waals surface area (Å²) in [7, 11) is 1.71. The number of aromatic hydroxyl groups is 1. The highest BCUT2D eigenvalue weighted by Gasteiger charge is 2.29. The maximum Gasteiger partial charge on any atom is 0.185 e. The van der Waals surface area contributed by atoms with E-state index in [1.165, 1.54) is 0 Å². The van der Waals surface area contributed by atoms with Crippen LogP contribution in [0.2, 0.25) is 0 Å². The minimum absolute atomic E-state index is 0.00346. The Labute approximate surface area is 247 Å². The number of aliphatic hydroxyl groups is 1. The average Bonchev–Trinajstić information content (AvgIpc) is 3.44. The normalized spacial score (nSPS) is 15.7. The van der Waals surface area contributed by atoms with Crippen LogP contribution in [0.3, 0.4) is 0 Å². The minimum atomic E-state index is -0.0933. The van der Waals surface area contributed by atoms with Crippen LogP contribution in [0.4, 0.5) is 0 Å². The van der Waals surface area contributed by atoms with Gasteiger partial charge in [0.05, 0.1) is 12.7 Å². The number of ketones is 1. The first-order valence-electron chi connectivity index (χ1n) is 15.6. The van der Waals surface area contributed by atoms with Gasteiger partial charge in [-0.3, -0.25) is 9.79 Å². The second-order valence-electron chi connectivity index (χ2n) is 12.0. The average molecular weight is 574 g/mol. The van der Waals surface area contributed by atoms with Crippen molar-refractivity contribution in [2.24, 2.45) is 28.3 Å². The number of hydrogen-bond acceptors (Lipinski definition) is 6. The van der Waals surface area contributed by atoms with Crippen molar-refractivity contribution < 1.29 is 24.5 Å². The van der Waals surface area contributed by atoms with Crippen LogP contribution in [0.15, 0.2) is 28.8 Å². The van der Waals surface area contributed by atoms with Crippen LogP contribution >= 0.6 is 0 Å². The maximum absolute atomic E-state index is 12.8. The third-order valence-electron chi connectivity index (χ3n) is 7.99. The third-order valence-corrected chi connectivity index (χ3v) is 7.99. The summed E-state index contributed by atoms with van der Waals surface area (Å²) >= 11 is 0.